The summed E-state index contributed by atoms with van der Waals surface area (Å²) in [5.41, 5.74) is -1.52. The van der Waals surface area contributed by atoms with E-state index in [0.29, 0.717) is 18.8 Å². The predicted octanol–water partition coefficient (Wildman–Crippen LogP) is 2.70. The van der Waals surface area contributed by atoms with E-state index in [9.17, 15) is 27.9 Å². The van der Waals surface area contributed by atoms with Crippen molar-refractivity contribution in [3.8, 4) is 0 Å². The van der Waals surface area contributed by atoms with E-state index in [2.05, 4.69) is 10.1 Å². The van der Waals surface area contributed by atoms with Gasteiger partial charge in [-0.25, -0.2) is 9.59 Å². The number of ether oxygens (including phenoxy) is 1. The molecule has 1 fully saturated rings. The molecular weight excluding hydrogens is 279 g/mol. The number of rotatable bonds is 4. The van der Waals surface area contributed by atoms with Crippen molar-refractivity contribution in [3.63, 3.8) is 0 Å². The van der Waals surface area contributed by atoms with Gasteiger partial charge in [-0.2, -0.15) is 13.2 Å². The molecule has 2 N–H and O–H groups in total. The zero-order chi connectivity index (χ0) is 15.4. The molecule has 1 saturated carbocycles. The zero-order valence-electron chi connectivity index (χ0n) is 11.1. The molecule has 0 radical (unpaired) electrons. The lowest BCUT2D eigenvalue weighted by atomic mass is 9.75. The Bertz CT molecular complexity index is 362. The molecule has 0 spiro atoms. The van der Waals surface area contributed by atoms with E-state index in [1.807, 2.05) is 6.92 Å². The lowest BCUT2D eigenvalue weighted by Gasteiger charge is -2.36. The van der Waals surface area contributed by atoms with Crippen LogP contribution in [-0.4, -0.2) is 35.5 Å². The highest BCUT2D eigenvalue weighted by molar-refractivity contribution is 5.84. The van der Waals surface area contributed by atoms with Gasteiger partial charge >= 0.3 is 18.2 Å². The first-order valence-electron chi connectivity index (χ1n) is 6.43. The smallest absolute Gasteiger partial charge is 0.422 e. The van der Waals surface area contributed by atoms with Gasteiger partial charge in [-0.3, -0.25) is 0 Å². The minimum absolute atomic E-state index is 0.196. The summed E-state index contributed by atoms with van der Waals surface area (Å²) in [6, 6.07) is 0. The Hall–Kier alpha value is -1.47. The maximum absolute atomic E-state index is 11.9. The Kier molecular flexibility index (Phi) is 5.24. The molecule has 20 heavy (non-hydrogen) atoms. The number of halogens is 3. The topological polar surface area (TPSA) is 75.6 Å². The maximum Gasteiger partial charge on any atom is 0.422 e. The standard InChI is InChI=1S/C12H18F3NO4/c1-2-8-3-5-11(6-4-8,9(17)18)16-10(19)20-7-12(13,14)15/h8H,2-7H2,1H3,(H,16,19)(H,17,18). The molecule has 0 aromatic carbocycles. The van der Waals surface area contributed by atoms with E-state index in [0.717, 1.165) is 6.42 Å². The summed E-state index contributed by atoms with van der Waals surface area (Å²) in [4.78, 5) is 22.6. The molecule has 1 aliphatic rings. The Balaban J connectivity index is 2.60. The molecule has 0 atom stereocenters. The second kappa shape index (κ2) is 6.32. The number of carbonyl (C=O) groups is 2. The van der Waals surface area contributed by atoms with Crippen LogP contribution >= 0.6 is 0 Å². The highest BCUT2D eigenvalue weighted by atomic mass is 19.4. The Morgan fingerprint density at radius 3 is 2.30 bits per heavy atom. The number of carboxylic acids is 1. The molecule has 1 rings (SSSR count). The van der Waals surface area contributed by atoms with Crippen LogP contribution in [0.25, 0.3) is 0 Å². The number of hydrogen-bond donors (Lipinski definition) is 2. The van der Waals surface area contributed by atoms with Crippen LogP contribution in [0.15, 0.2) is 0 Å². The number of alkyl halides is 3. The van der Waals surface area contributed by atoms with E-state index in [-0.39, 0.29) is 12.8 Å². The lowest BCUT2D eigenvalue weighted by molar-refractivity contribution is -0.161. The Morgan fingerprint density at radius 1 is 1.35 bits per heavy atom. The van der Waals surface area contributed by atoms with Gasteiger partial charge in [-0.15, -0.1) is 0 Å². The largest absolute Gasteiger partial charge is 0.480 e. The van der Waals surface area contributed by atoms with Gasteiger partial charge in [-0.1, -0.05) is 13.3 Å². The van der Waals surface area contributed by atoms with E-state index >= 15 is 0 Å². The number of hydrogen-bond acceptors (Lipinski definition) is 3. The molecule has 1 amide bonds. The molecular formula is C12H18F3NO4. The van der Waals surface area contributed by atoms with Crippen LogP contribution in [0.2, 0.25) is 0 Å². The second-order valence-corrected chi connectivity index (χ2v) is 5.06. The van der Waals surface area contributed by atoms with Crippen molar-refractivity contribution in [1.82, 2.24) is 5.32 Å². The second-order valence-electron chi connectivity index (χ2n) is 5.06. The van der Waals surface area contributed by atoms with Crippen molar-refractivity contribution in [2.45, 2.75) is 50.7 Å². The van der Waals surface area contributed by atoms with Gasteiger partial charge in [0, 0.05) is 0 Å². The fourth-order valence-corrected chi connectivity index (χ4v) is 2.35. The van der Waals surface area contributed by atoms with Gasteiger partial charge in [0.15, 0.2) is 6.61 Å². The summed E-state index contributed by atoms with van der Waals surface area (Å²) < 4.78 is 39.8. The molecule has 8 heteroatoms. The minimum Gasteiger partial charge on any atom is -0.480 e. The minimum atomic E-state index is -4.63. The van der Waals surface area contributed by atoms with E-state index in [1.54, 1.807) is 0 Å². The monoisotopic (exact) mass is 297 g/mol. The van der Waals surface area contributed by atoms with Gasteiger partial charge in [0.2, 0.25) is 0 Å². The molecule has 116 valence electrons. The highest BCUT2D eigenvalue weighted by Gasteiger charge is 2.43. The first-order chi connectivity index (χ1) is 9.18. The highest BCUT2D eigenvalue weighted by Crippen LogP contribution is 2.34. The van der Waals surface area contributed by atoms with Crippen molar-refractivity contribution >= 4 is 12.1 Å². The van der Waals surface area contributed by atoms with Crippen LogP contribution in [0, 0.1) is 5.92 Å². The van der Waals surface area contributed by atoms with Crippen LogP contribution in [-0.2, 0) is 9.53 Å². The number of nitrogens with one attached hydrogen (secondary N) is 1. The predicted molar refractivity (Wildman–Crippen MR) is 63.2 cm³/mol. The molecule has 0 saturated heterocycles. The van der Waals surface area contributed by atoms with Gasteiger partial charge in [-0.05, 0) is 31.6 Å². The van der Waals surface area contributed by atoms with Crippen LogP contribution in [0.3, 0.4) is 0 Å². The van der Waals surface area contributed by atoms with Crippen molar-refractivity contribution in [1.29, 1.82) is 0 Å². The molecule has 0 aromatic heterocycles. The average molecular weight is 297 g/mol. The number of amides is 1. The van der Waals surface area contributed by atoms with Gasteiger partial charge < -0.3 is 15.2 Å². The summed E-state index contributed by atoms with van der Waals surface area (Å²) >= 11 is 0. The summed E-state index contributed by atoms with van der Waals surface area (Å²) in [6.45, 7) is 0.259. The van der Waals surface area contributed by atoms with Crippen LogP contribution in [0.1, 0.15) is 39.0 Å². The van der Waals surface area contributed by atoms with Crippen LogP contribution in [0.4, 0.5) is 18.0 Å². The van der Waals surface area contributed by atoms with Crippen molar-refractivity contribution < 1.29 is 32.6 Å². The summed E-state index contributed by atoms with van der Waals surface area (Å²) in [5, 5.41) is 11.3. The summed E-state index contributed by atoms with van der Waals surface area (Å²) in [5.74, 6) is -0.855. The lowest BCUT2D eigenvalue weighted by Crippen LogP contribution is -2.56. The van der Waals surface area contributed by atoms with Gasteiger partial charge in [0.05, 0.1) is 0 Å². The van der Waals surface area contributed by atoms with Crippen molar-refractivity contribution in [2.24, 2.45) is 5.92 Å². The normalized spacial score (nSPS) is 26.9. The van der Waals surface area contributed by atoms with E-state index < -0.39 is 30.4 Å². The summed E-state index contributed by atoms with van der Waals surface area (Å²) in [6.07, 6.45) is -3.45. The fraction of sp³-hybridized carbons (Fsp3) is 0.833. The third kappa shape index (κ3) is 4.57. The third-order valence-electron chi connectivity index (χ3n) is 3.65. The van der Waals surface area contributed by atoms with Crippen LogP contribution < -0.4 is 5.32 Å². The van der Waals surface area contributed by atoms with Gasteiger partial charge in [0.1, 0.15) is 5.54 Å². The number of alkyl carbamates (subject to hydrolysis) is 1. The molecule has 0 bridgehead atoms. The quantitative estimate of drug-likeness (QED) is 0.836. The molecule has 0 aliphatic heterocycles. The molecule has 0 unspecified atom stereocenters. The van der Waals surface area contributed by atoms with Crippen LogP contribution in [0.5, 0.6) is 0 Å². The van der Waals surface area contributed by atoms with Gasteiger partial charge in [0.25, 0.3) is 0 Å². The SMILES string of the molecule is CCC1CCC(NC(=O)OCC(F)(F)F)(C(=O)O)CC1. The zero-order valence-corrected chi connectivity index (χ0v) is 11.1. The van der Waals surface area contributed by atoms with Crippen molar-refractivity contribution in [2.75, 3.05) is 6.61 Å². The number of aliphatic carboxylic acids is 1. The molecule has 0 heterocycles. The molecule has 5 nitrogen and oxygen atoms in total. The molecule has 1 aliphatic carbocycles. The third-order valence-corrected chi connectivity index (χ3v) is 3.65. The fourth-order valence-electron chi connectivity index (χ4n) is 2.35. The van der Waals surface area contributed by atoms with E-state index in [1.165, 1.54) is 0 Å². The average Bonchev–Trinajstić information content (AvgIpc) is 2.36. The molecule has 0 aromatic rings. The first kappa shape index (κ1) is 16.6. The van der Waals surface area contributed by atoms with Crippen molar-refractivity contribution in [3.05, 3.63) is 0 Å². The Labute approximate surface area is 114 Å². The first-order valence-corrected chi connectivity index (χ1v) is 6.43. The van der Waals surface area contributed by atoms with E-state index in [4.69, 9.17) is 0 Å². The summed E-state index contributed by atoms with van der Waals surface area (Å²) in [7, 11) is 0. The number of carboxylic acid groups (broad SMARTS) is 1. The Morgan fingerprint density at radius 2 is 1.90 bits per heavy atom. The number of carbonyl (C=O) groups excluding carboxylic acids is 1. The maximum atomic E-state index is 11.9.